The number of aryl methyl sites for hydroxylation is 1. The Bertz CT molecular complexity index is 752. The fourth-order valence-corrected chi connectivity index (χ4v) is 4.01. The molecule has 134 valence electrons. The average Bonchev–Trinajstić information content (AvgIpc) is 2.65. The van der Waals surface area contributed by atoms with Gasteiger partial charge in [0.2, 0.25) is 0 Å². The highest BCUT2D eigenvalue weighted by Gasteiger charge is 2.22. The Balaban J connectivity index is 1.78. The maximum atomic E-state index is 14.4. The fourth-order valence-electron chi connectivity index (χ4n) is 4.01. The molecule has 0 bridgehead atoms. The molecule has 2 aromatic rings. The van der Waals surface area contributed by atoms with Gasteiger partial charge in [-0.3, -0.25) is 0 Å². The fraction of sp³-hybridized carbons (Fsp3) is 0.478. The van der Waals surface area contributed by atoms with Crippen molar-refractivity contribution in [3.8, 4) is 0 Å². The Morgan fingerprint density at radius 1 is 1.00 bits per heavy atom. The van der Waals surface area contributed by atoms with Crippen LogP contribution in [0.4, 0.5) is 8.78 Å². The third-order valence-electron chi connectivity index (χ3n) is 5.61. The summed E-state index contributed by atoms with van der Waals surface area (Å²) >= 11 is 0. The monoisotopic (exact) mass is 342 g/mol. The van der Waals surface area contributed by atoms with E-state index >= 15 is 0 Å². The maximum absolute atomic E-state index is 14.4. The number of hydrogen-bond acceptors (Lipinski definition) is 0. The van der Waals surface area contributed by atoms with Crippen LogP contribution in [0.25, 0.3) is 10.8 Å². The highest BCUT2D eigenvalue weighted by Crippen LogP contribution is 2.38. The molecule has 0 amide bonds. The molecule has 1 saturated carbocycles. The van der Waals surface area contributed by atoms with Crippen molar-refractivity contribution < 1.29 is 8.78 Å². The molecule has 0 N–H and O–H groups in total. The van der Waals surface area contributed by atoms with Crippen LogP contribution in [0.3, 0.4) is 0 Å². The smallest absolute Gasteiger partial charge is 0.166 e. The summed E-state index contributed by atoms with van der Waals surface area (Å²) in [6.45, 7) is 4.05. The van der Waals surface area contributed by atoms with Gasteiger partial charge in [-0.05, 0) is 79.0 Å². The van der Waals surface area contributed by atoms with E-state index in [9.17, 15) is 8.78 Å². The molecule has 0 heterocycles. The summed E-state index contributed by atoms with van der Waals surface area (Å²) < 4.78 is 28.6. The van der Waals surface area contributed by atoms with Gasteiger partial charge in [-0.2, -0.15) is 0 Å². The largest absolute Gasteiger partial charge is 0.203 e. The predicted octanol–water partition coefficient (Wildman–Crippen LogP) is 7.31. The lowest BCUT2D eigenvalue weighted by molar-refractivity contribution is 0.375. The minimum atomic E-state index is -0.688. The SMILES string of the molecule is CCC/C=C/C1CCC(c2ccc3cc(CC)c(F)c(F)c3c2)CC1. The second kappa shape index (κ2) is 8.12. The first kappa shape index (κ1) is 18.1. The number of fused-ring (bicyclic) bond motifs is 1. The molecule has 0 unspecified atom stereocenters. The zero-order valence-electron chi connectivity index (χ0n) is 15.3. The van der Waals surface area contributed by atoms with E-state index in [1.807, 2.05) is 19.1 Å². The van der Waals surface area contributed by atoms with Gasteiger partial charge in [-0.25, -0.2) is 8.78 Å². The number of hydrogen-bond donors (Lipinski definition) is 0. The van der Waals surface area contributed by atoms with E-state index in [2.05, 4.69) is 25.1 Å². The van der Waals surface area contributed by atoms with Crippen LogP contribution in [-0.2, 0) is 6.42 Å². The van der Waals surface area contributed by atoms with E-state index in [1.165, 1.54) is 19.3 Å². The predicted molar refractivity (Wildman–Crippen MR) is 102 cm³/mol. The van der Waals surface area contributed by atoms with Gasteiger partial charge >= 0.3 is 0 Å². The highest BCUT2D eigenvalue weighted by atomic mass is 19.2. The van der Waals surface area contributed by atoms with Crippen LogP contribution in [0, 0.1) is 17.6 Å². The zero-order valence-corrected chi connectivity index (χ0v) is 15.3. The highest BCUT2D eigenvalue weighted by molar-refractivity contribution is 5.84. The van der Waals surface area contributed by atoms with Crippen LogP contribution in [0.15, 0.2) is 36.4 Å². The van der Waals surface area contributed by atoms with E-state index in [4.69, 9.17) is 0 Å². The summed E-state index contributed by atoms with van der Waals surface area (Å²) in [5.74, 6) is -0.220. The topological polar surface area (TPSA) is 0 Å². The summed E-state index contributed by atoms with van der Waals surface area (Å²) in [6, 6.07) is 7.73. The minimum absolute atomic E-state index is 0.428. The molecule has 0 aromatic heterocycles. The molecular formula is C23H28F2. The quantitative estimate of drug-likeness (QED) is 0.500. The third-order valence-corrected chi connectivity index (χ3v) is 5.61. The first-order valence-electron chi connectivity index (χ1n) is 9.71. The molecule has 0 aliphatic heterocycles. The second-order valence-electron chi connectivity index (χ2n) is 7.33. The molecule has 2 aromatic carbocycles. The number of benzene rings is 2. The van der Waals surface area contributed by atoms with Crippen molar-refractivity contribution >= 4 is 10.8 Å². The van der Waals surface area contributed by atoms with E-state index in [0.717, 1.165) is 30.2 Å². The average molecular weight is 342 g/mol. The van der Waals surface area contributed by atoms with Gasteiger partial charge in [0.1, 0.15) is 0 Å². The lowest BCUT2D eigenvalue weighted by Gasteiger charge is -2.27. The summed E-state index contributed by atoms with van der Waals surface area (Å²) in [4.78, 5) is 0. The van der Waals surface area contributed by atoms with Crippen molar-refractivity contribution in [1.29, 1.82) is 0 Å². The van der Waals surface area contributed by atoms with Crippen molar-refractivity contribution in [3.05, 3.63) is 59.2 Å². The van der Waals surface area contributed by atoms with E-state index in [0.29, 0.717) is 29.2 Å². The second-order valence-corrected chi connectivity index (χ2v) is 7.33. The number of rotatable bonds is 5. The van der Waals surface area contributed by atoms with Crippen LogP contribution in [0.1, 0.15) is 69.4 Å². The molecule has 1 aliphatic rings. The summed E-state index contributed by atoms with van der Waals surface area (Å²) in [5.41, 5.74) is 1.61. The molecule has 0 radical (unpaired) electrons. The molecule has 1 aliphatic carbocycles. The Hall–Kier alpha value is -1.70. The molecule has 0 nitrogen and oxygen atoms in total. The number of halogens is 2. The Morgan fingerprint density at radius 3 is 2.44 bits per heavy atom. The molecule has 25 heavy (non-hydrogen) atoms. The zero-order chi connectivity index (χ0) is 17.8. The van der Waals surface area contributed by atoms with E-state index in [-0.39, 0.29) is 0 Å². The van der Waals surface area contributed by atoms with Gasteiger partial charge in [0.15, 0.2) is 11.6 Å². The summed E-state index contributed by atoms with van der Waals surface area (Å²) in [5, 5.41) is 1.23. The van der Waals surface area contributed by atoms with E-state index < -0.39 is 11.6 Å². The van der Waals surface area contributed by atoms with Gasteiger partial charge < -0.3 is 0 Å². The summed E-state index contributed by atoms with van der Waals surface area (Å²) in [6.07, 6.45) is 12.2. The minimum Gasteiger partial charge on any atom is -0.203 e. The molecule has 3 rings (SSSR count). The van der Waals surface area contributed by atoms with Crippen molar-refractivity contribution in [2.75, 3.05) is 0 Å². The Kier molecular flexibility index (Phi) is 5.88. The summed E-state index contributed by atoms with van der Waals surface area (Å²) in [7, 11) is 0. The first-order chi connectivity index (χ1) is 12.1. The maximum Gasteiger partial charge on any atom is 0.166 e. The van der Waals surface area contributed by atoms with Crippen LogP contribution in [-0.4, -0.2) is 0 Å². The molecule has 0 saturated heterocycles. The lowest BCUT2D eigenvalue weighted by atomic mass is 9.78. The van der Waals surface area contributed by atoms with Crippen LogP contribution in [0.5, 0.6) is 0 Å². The van der Waals surface area contributed by atoms with Gasteiger partial charge in [0.25, 0.3) is 0 Å². The van der Waals surface area contributed by atoms with Crippen molar-refractivity contribution in [3.63, 3.8) is 0 Å². The van der Waals surface area contributed by atoms with E-state index in [1.54, 1.807) is 6.07 Å². The van der Waals surface area contributed by atoms with Crippen molar-refractivity contribution in [1.82, 2.24) is 0 Å². The third kappa shape index (κ3) is 3.94. The normalized spacial score (nSPS) is 21.3. The van der Waals surface area contributed by atoms with Crippen molar-refractivity contribution in [2.24, 2.45) is 5.92 Å². The molecular weight excluding hydrogens is 314 g/mol. The van der Waals surface area contributed by atoms with Gasteiger partial charge in [0.05, 0.1) is 0 Å². The van der Waals surface area contributed by atoms with Crippen LogP contribution in [0.2, 0.25) is 0 Å². The molecule has 0 spiro atoms. The van der Waals surface area contributed by atoms with Gasteiger partial charge in [-0.1, -0.05) is 44.6 Å². The molecule has 2 heteroatoms. The standard InChI is InChI=1S/C23H28F2/c1-3-5-6-7-16-8-10-18(11-9-16)19-12-13-20-14-17(4-2)22(24)23(25)21(20)15-19/h6-7,12-16,18H,3-5,8-11H2,1-2H3/b7-6+. The number of unbranched alkanes of at least 4 members (excludes halogenated alkanes) is 1. The van der Waals surface area contributed by atoms with Crippen LogP contribution >= 0.6 is 0 Å². The van der Waals surface area contributed by atoms with Crippen molar-refractivity contribution in [2.45, 2.75) is 64.7 Å². The lowest BCUT2D eigenvalue weighted by Crippen LogP contribution is -2.11. The van der Waals surface area contributed by atoms with Gasteiger partial charge in [0, 0.05) is 5.39 Å². The first-order valence-corrected chi connectivity index (χ1v) is 9.71. The molecule has 0 atom stereocenters. The van der Waals surface area contributed by atoms with Gasteiger partial charge in [-0.15, -0.1) is 0 Å². The number of allylic oxidation sites excluding steroid dienone is 2. The Labute approximate surface area is 149 Å². The Morgan fingerprint density at radius 2 is 1.76 bits per heavy atom. The molecule has 1 fully saturated rings. The van der Waals surface area contributed by atoms with Crippen LogP contribution < -0.4 is 0 Å².